The molecule has 0 heterocycles. The molecule has 86 valence electrons. The molecular formula is C9H15BrN2O3. The number of hydrogen-bond acceptors (Lipinski definition) is 2. The van der Waals surface area contributed by atoms with Crippen LogP contribution in [0.4, 0.5) is 4.79 Å². The number of carboxylic acids is 1. The van der Waals surface area contributed by atoms with Gasteiger partial charge in [-0.1, -0.05) is 29.4 Å². The van der Waals surface area contributed by atoms with Crippen LogP contribution in [0, 0.1) is 0 Å². The molecule has 0 aliphatic rings. The Labute approximate surface area is 97.3 Å². The maximum atomic E-state index is 11.4. The van der Waals surface area contributed by atoms with Gasteiger partial charge in [0, 0.05) is 11.5 Å². The fourth-order valence-corrected chi connectivity index (χ4v) is 1.19. The third-order valence-electron chi connectivity index (χ3n) is 1.89. The summed E-state index contributed by atoms with van der Waals surface area (Å²) in [5.74, 6) is -1.01. The molecule has 0 spiro atoms. The fraction of sp³-hybridized carbons (Fsp3) is 0.556. The number of aliphatic carboxylic acids is 1. The van der Waals surface area contributed by atoms with Crippen molar-refractivity contribution >= 4 is 27.9 Å². The second kappa shape index (κ2) is 6.44. The van der Waals surface area contributed by atoms with Crippen molar-refractivity contribution in [3.05, 3.63) is 11.1 Å². The molecular weight excluding hydrogens is 264 g/mol. The first kappa shape index (κ1) is 14.0. The van der Waals surface area contributed by atoms with E-state index in [9.17, 15) is 9.59 Å². The molecule has 0 aromatic carbocycles. The van der Waals surface area contributed by atoms with E-state index in [0.717, 1.165) is 4.90 Å². The molecule has 0 aromatic rings. The number of urea groups is 1. The van der Waals surface area contributed by atoms with Crippen LogP contribution in [0.5, 0.6) is 0 Å². The topological polar surface area (TPSA) is 69.6 Å². The lowest BCUT2D eigenvalue weighted by molar-refractivity contribution is -0.141. The third kappa shape index (κ3) is 4.83. The summed E-state index contributed by atoms with van der Waals surface area (Å²) in [5.41, 5.74) is 0. The molecule has 0 aliphatic carbocycles. The van der Waals surface area contributed by atoms with Crippen LogP contribution in [0.1, 0.15) is 13.3 Å². The summed E-state index contributed by atoms with van der Waals surface area (Å²) < 4.78 is 0.632. The van der Waals surface area contributed by atoms with E-state index >= 15 is 0 Å². The van der Waals surface area contributed by atoms with Crippen molar-refractivity contribution in [2.24, 2.45) is 0 Å². The largest absolute Gasteiger partial charge is 0.480 e. The van der Waals surface area contributed by atoms with E-state index in [0.29, 0.717) is 10.9 Å². The molecule has 0 aliphatic heterocycles. The van der Waals surface area contributed by atoms with E-state index in [2.05, 4.69) is 27.8 Å². The van der Waals surface area contributed by atoms with Gasteiger partial charge < -0.3 is 15.3 Å². The minimum absolute atomic E-state index is 0.277. The Bertz CT molecular complexity index is 268. The van der Waals surface area contributed by atoms with Crippen LogP contribution in [0.15, 0.2) is 11.1 Å². The van der Waals surface area contributed by atoms with Gasteiger partial charge in [-0.05, 0) is 6.42 Å². The molecule has 5 nitrogen and oxygen atoms in total. The van der Waals surface area contributed by atoms with E-state index in [1.165, 1.54) is 7.05 Å². The van der Waals surface area contributed by atoms with Crippen molar-refractivity contribution in [3.8, 4) is 0 Å². The Hall–Kier alpha value is -1.04. The zero-order chi connectivity index (χ0) is 12.0. The quantitative estimate of drug-likeness (QED) is 0.799. The average molecular weight is 279 g/mol. The molecule has 0 bridgehead atoms. The average Bonchev–Trinajstić information content (AvgIpc) is 2.14. The van der Waals surface area contributed by atoms with Crippen LogP contribution in [0.2, 0.25) is 0 Å². The van der Waals surface area contributed by atoms with Crippen molar-refractivity contribution < 1.29 is 14.7 Å². The molecule has 1 atom stereocenters. The monoisotopic (exact) mass is 278 g/mol. The van der Waals surface area contributed by atoms with Gasteiger partial charge in [-0.3, -0.25) is 0 Å². The first-order chi connectivity index (χ1) is 6.90. The molecule has 2 N–H and O–H groups in total. The molecule has 2 amide bonds. The van der Waals surface area contributed by atoms with Crippen molar-refractivity contribution in [2.45, 2.75) is 19.4 Å². The van der Waals surface area contributed by atoms with Crippen molar-refractivity contribution in [1.29, 1.82) is 0 Å². The van der Waals surface area contributed by atoms with E-state index in [1.54, 1.807) is 6.92 Å². The molecule has 0 fully saturated rings. The standard InChI is InChI=1S/C9H15BrN2O3/c1-4-7(8(13)14)12(3)9(15)11-5-6(2)10/h7H,2,4-5H2,1,3H3,(H,11,15)(H,13,14). The maximum absolute atomic E-state index is 11.4. The number of amides is 2. The number of likely N-dealkylation sites (N-methyl/N-ethyl adjacent to an activating group) is 1. The molecule has 0 aromatic heterocycles. The number of carbonyl (C=O) groups is 2. The molecule has 6 heteroatoms. The highest BCUT2D eigenvalue weighted by atomic mass is 79.9. The third-order valence-corrected chi connectivity index (χ3v) is 2.17. The van der Waals surface area contributed by atoms with Crippen LogP contribution in [0.3, 0.4) is 0 Å². The van der Waals surface area contributed by atoms with E-state index in [1.807, 2.05) is 0 Å². The summed E-state index contributed by atoms with van der Waals surface area (Å²) >= 11 is 3.09. The Morgan fingerprint density at radius 1 is 1.60 bits per heavy atom. The number of rotatable bonds is 5. The minimum Gasteiger partial charge on any atom is -0.480 e. The number of nitrogens with one attached hydrogen (secondary N) is 1. The Kier molecular flexibility index (Phi) is 6.00. The highest BCUT2D eigenvalue weighted by Crippen LogP contribution is 2.03. The first-order valence-electron chi connectivity index (χ1n) is 4.46. The zero-order valence-corrected chi connectivity index (χ0v) is 10.4. The van der Waals surface area contributed by atoms with Crippen LogP contribution >= 0.6 is 15.9 Å². The Morgan fingerprint density at radius 3 is 2.47 bits per heavy atom. The molecule has 15 heavy (non-hydrogen) atoms. The summed E-state index contributed by atoms with van der Waals surface area (Å²) in [5, 5.41) is 11.4. The van der Waals surface area contributed by atoms with Gasteiger partial charge in [0.05, 0.1) is 6.54 Å². The van der Waals surface area contributed by atoms with Gasteiger partial charge >= 0.3 is 12.0 Å². The van der Waals surface area contributed by atoms with E-state index in [-0.39, 0.29) is 6.54 Å². The SMILES string of the molecule is C=C(Br)CNC(=O)N(C)C(CC)C(=O)O. The second-order valence-electron chi connectivity index (χ2n) is 3.05. The van der Waals surface area contributed by atoms with Gasteiger partial charge in [0.25, 0.3) is 0 Å². The summed E-state index contributed by atoms with van der Waals surface area (Å²) in [4.78, 5) is 23.4. The van der Waals surface area contributed by atoms with Gasteiger partial charge in [-0.2, -0.15) is 0 Å². The van der Waals surface area contributed by atoms with Gasteiger partial charge in [0.1, 0.15) is 6.04 Å². The number of nitrogens with zero attached hydrogens (tertiary/aromatic N) is 1. The van der Waals surface area contributed by atoms with Crippen molar-refractivity contribution in [3.63, 3.8) is 0 Å². The van der Waals surface area contributed by atoms with Gasteiger partial charge in [0.15, 0.2) is 0 Å². The number of hydrogen-bond donors (Lipinski definition) is 2. The second-order valence-corrected chi connectivity index (χ2v) is 4.17. The van der Waals surface area contributed by atoms with Crippen LogP contribution in [-0.2, 0) is 4.79 Å². The molecule has 0 saturated heterocycles. The molecule has 0 radical (unpaired) electrons. The van der Waals surface area contributed by atoms with Gasteiger partial charge in [0.2, 0.25) is 0 Å². The number of carbonyl (C=O) groups excluding carboxylic acids is 1. The van der Waals surface area contributed by atoms with Crippen molar-refractivity contribution in [1.82, 2.24) is 10.2 Å². The van der Waals surface area contributed by atoms with Crippen LogP contribution < -0.4 is 5.32 Å². The van der Waals surface area contributed by atoms with Crippen LogP contribution in [-0.4, -0.2) is 41.6 Å². The molecule has 1 unspecified atom stereocenters. The van der Waals surface area contributed by atoms with Gasteiger partial charge in [-0.25, -0.2) is 9.59 Å². The molecule has 0 saturated carbocycles. The lowest BCUT2D eigenvalue weighted by Gasteiger charge is -2.23. The summed E-state index contributed by atoms with van der Waals surface area (Å²) in [6.45, 7) is 5.54. The van der Waals surface area contributed by atoms with E-state index < -0.39 is 18.0 Å². The smallest absolute Gasteiger partial charge is 0.326 e. The molecule has 0 rings (SSSR count). The van der Waals surface area contributed by atoms with E-state index in [4.69, 9.17) is 5.11 Å². The minimum atomic E-state index is -1.01. The highest BCUT2D eigenvalue weighted by Gasteiger charge is 2.24. The van der Waals surface area contributed by atoms with Gasteiger partial charge in [-0.15, -0.1) is 0 Å². The maximum Gasteiger partial charge on any atom is 0.326 e. The van der Waals surface area contributed by atoms with Crippen molar-refractivity contribution in [2.75, 3.05) is 13.6 Å². The fourth-order valence-electron chi connectivity index (χ4n) is 1.05. The first-order valence-corrected chi connectivity index (χ1v) is 5.26. The normalized spacial score (nSPS) is 11.7. The highest BCUT2D eigenvalue weighted by molar-refractivity contribution is 9.11. The van der Waals surface area contributed by atoms with Crippen LogP contribution in [0.25, 0.3) is 0 Å². The predicted octanol–water partition coefficient (Wildman–Crippen LogP) is 1.40. The summed E-state index contributed by atoms with van der Waals surface area (Å²) in [7, 11) is 1.45. The number of carboxylic acid groups (broad SMARTS) is 1. The predicted molar refractivity (Wildman–Crippen MR) is 60.9 cm³/mol. The Morgan fingerprint density at radius 2 is 2.13 bits per heavy atom. The number of halogens is 1. The zero-order valence-electron chi connectivity index (χ0n) is 8.79. The lowest BCUT2D eigenvalue weighted by Crippen LogP contribution is -2.47. The summed E-state index contributed by atoms with van der Waals surface area (Å²) in [6.07, 6.45) is 0.370. The lowest BCUT2D eigenvalue weighted by atomic mass is 10.2. The summed E-state index contributed by atoms with van der Waals surface area (Å²) in [6, 6.07) is -1.22. The Balaban J connectivity index is 4.28.